The van der Waals surface area contributed by atoms with Crippen molar-refractivity contribution in [2.45, 2.75) is 6.10 Å². The molecule has 1 unspecified atom stereocenters. The quantitative estimate of drug-likeness (QED) is 0.823. The SMILES string of the molecule is Oc1c(F)cc(C2CNCCO2)cc1Br. The number of morpholine rings is 1. The van der Waals surface area contributed by atoms with Crippen molar-refractivity contribution in [1.29, 1.82) is 0 Å². The zero-order valence-electron chi connectivity index (χ0n) is 7.96. The molecule has 0 spiro atoms. The number of aromatic hydroxyl groups is 1. The number of phenols is 1. The predicted octanol–water partition coefficient (Wildman–Crippen LogP) is 1.95. The van der Waals surface area contributed by atoms with Crippen LogP contribution in [0.2, 0.25) is 0 Å². The first-order valence-corrected chi connectivity index (χ1v) is 5.48. The third-order valence-electron chi connectivity index (χ3n) is 2.34. The summed E-state index contributed by atoms with van der Waals surface area (Å²) in [6, 6.07) is 2.98. The van der Waals surface area contributed by atoms with Gasteiger partial charge in [0.2, 0.25) is 0 Å². The van der Waals surface area contributed by atoms with Crippen LogP contribution in [0.4, 0.5) is 4.39 Å². The molecule has 0 aliphatic carbocycles. The number of phenolic OH excluding ortho intramolecular Hbond substituents is 1. The fourth-order valence-corrected chi connectivity index (χ4v) is 2.00. The molecule has 0 amide bonds. The van der Waals surface area contributed by atoms with Gasteiger partial charge in [0.25, 0.3) is 0 Å². The van der Waals surface area contributed by atoms with E-state index >= 15 is 0 Å². The van der Waals surface area contributed by atoms with Gasteiger partial charge in [-0.05, 0) is 33.6 Å². The Morgan fingerprint density at radius 3 is 2.93 bits per heavy atom. The highest BCUT2D eigenvalue weighted by molar-refractivity contribution is 9.10. The molecule has 1 aliphatic rings. The third-order valence-corrected chi connectivity index (χ3v) is 2.94. The molecule has 2 rings (SSSR count). The Labute approximate surface area is 95.4 Å². The van der Waals surface area contributed by atoms with Gasteiger partial charge in [0.05, 0.1) is 17.2 Å². The van der Waals surface area contributed by atoms with Crippen molar-refractivity contribution in [3.05, 3.63) is 28.0 Å². The van der Waals surface area contributed by atoms with E-state index in [-0.39, 0.29) is 11.9 Å². The lowest BCUT2D eigenvalue weighted by atomic mass is 10.1. The van der Waals surface area contributed by atoms with Crippen LogP contribution in [0.3, 0.4) is 0 Å². The highest BCUT2D eigenvalue weighted by Gasteiger charge is 2.18. The summed E-state index contributed by atoms with van der Waals surface area (Å²) in [5.41, 5.74) is 0.726. The molecule has 15 heavy (non-hydrogen) atoms. The Morgan fingerprint density at radius 1 is 1.53 bits per heavy atom. The number of nitrogens with one attached hydrogen (secondary N) is 1. The molecule has 3 nitrogen and oxygen atoms in total. The van der Waals surface area contributed by atoms with Crippen LogP contribution >= 0.6 is 15.9 Å². The number of halogens is 2. The van der Waals surface area contributed by atoms with E-state index in [1.165, 1.54) is 6.07 Å². The fourth-order valence-electron chi connectivity index (χ4n) is 1.55. The highest BCUT2D eigenvalue weighted by Crippen LogP contribution is 2.31. The molecule has 0 saturated carbocycles. The Morgan fingerprint density at radius 2 is 2.33 bits per heavy atom. The van der Waals surface area contributed by atoms with Crippen molar-refractivity contribution in [2.24, 2.45) is 0 Å². The van der Waals surface area contributed by atoms with Gasteiger partial charge >= 0.3 is 0 Å². The van der Waals surface area contributed by atoms with Crippen molar-refractivity contribution in [3.63, 3.8) is 0 Å². The summed E-state index contributed by atoms with van der Waals surface area (Å²) >= 11 is 3.10. The summed E-state index contributed by atoms with van der Waals surface area (Å²) in [5, 5.41) is 12.4. The third kappa shape index (κ3) is 2.30. The molecule has 1 atom stereocenters. The Balaban J connectivity index is 2.27. The van der Waals surface area contributed by atoms with Gasteiger partial charge in [0.1, 0.15) is 0 Å². The zero-order chi connectivity index (χ0) is 10.8. The minimum Gasteiger partial charge on any atom is -0.504 e. The van der Waals surface area contributed by atoms with Crippen molar-refractivity contribution >= 4 is 15.9 Å². The summed E-state index contributed by atoms with van der Waals surface area (Å²) in [5.74, 6) is -0.990. The van der Waals surface area contributed by atoms with Crippen LogP contribution in [-0.2, 0) is 4.74 Å². The minimum atomic E-state index is -0.631. The van der Waals surface area contributed by atoms with Crippen LogP contribution in [0.15, 0.2) is 16.6 Å². The van der Waals surface area contributed by atoms with Gasteiger partial charge in [-0.2, -0.15) is 0 Å². The Bertz CT molecular complexity index is 343. The lowest BCUT2D eigenvalue weighted by Gasteiger charge is -2.24. The van der Waals surface area contributed by atoms with Crippen LogP contribution in [0.5, 0.6) is 5.75 Å². The standard InChI is InChI=1S/C10H11BrFNO2/c11-7-3-6(4-8(12)10(7)14)9-5-13-1-2-15-9/h3-4,9,13-14H,1-2,5H2. The maximum absolute atomic E-state index is 13.2. The van der Waals surface area contributed by atoms with Crippen molar-refractivity contribution in [1.82, 2.24) is 5.32 Å². The monoisotopic (exact) mass is 275 g/mol. The molecular weight excluding hydrogens is 265 g/mol. The molecule has 1 aliphatic heterocycles. The van der Waals surface area contributed by atoms with Crippen LogP contribution in [-0.4, -0.2) is 24.8 Å². The van der Waals surface area contributed by atoms with Crippen molar-refractivity contribution in [3.8, 4) is 5.75 Å². The maximum Gasteiger partial charge on any atom is 0.166 e. The van der Waals surface area contributed by atoms with Crippen molar-refractivity contribution < 1.29 is 14.2 Å². The average Bonchev–Trinajstić information content (AvgIpc) is 2.26. The smallest absolute Gasteiger partial charge is 0.166 e. The van der Waals surface area contributed by atoms with E-state index in [4.69, 9.17) is 4.74 Å². The average molecular weight is 276 g/mol. The largest absolute Gasteiger partial charge is 0.504 e. The normalized spacial score (nSPS) is 21.6. The maximum atomic E-state index is 13.2. The number of rotatable bonds is 1. The summed E-state index contributed by atoms with van der Waals surface area (Å²) in [4.78, 5) is 0. The number of hydrogen-bond acceptors (Lipinski definition) is 3. The fraction of sp³-hybridized carbons (Fsp3) is 0.400. The van der Waals surface area contributed by atoms with Gasteiger partial charge in [-0.25, -0.2) is 4.39 Å². The Hall–Kier alpha value is -0.650. The van der Waals surface area contributed by atoms with E-state index < -0.39 is 5.82 Å². The van der Waals surface area contributed by atoms with Crippen LogP contribution < -0.4 is 5.32 Å². The molecule has 0 aromatic heterocycles. The Kier molecular flexibility index (Phi) is 3.23. The minimum absolute atomic E-state index is 0.148. The second-order valence-corrected chi connectivity index (χ2v) is 4.25. The molecular formula is C10H11BrFNO2. The molecule has 1 aromatic carbocycles. The van der Waals surface area contributed by atoms with E-state index in [9.17, 15) is 9.50 Å². The van der Waals surface area contributed by atoms with E-state index in [0.29, 0.717) is 17.6 Å². The number of benzene rings is 1. The first-order chi connectivity index (χ1) is 7.18. The number of ether oxygens (including phenoxy) is 1. The summed E-state index contributed by atoms with van der Waals surface area (Å²) in [6.45, 7) is 2.10. The van der Waals surface area contributed by atoms with E-state index in [1.807, 2.05) is 0 Å². The summed E-state index contributed by atoms with van der Waals surface area (Å²) in [7, 11) is 0. The van der Waals surface area contributed by atoms with Crippen LogP contribution in [0, 0.1) is 5.82 Å². The second kappa shape index (κ2) is 4.47. The predicted molar refractivity (Wildman–Crippen MR) is 57.3 cm³/mol. The van der Waals surface area contributed by atoms with Gasteiger partial charge in [0.15, 0.2) is 11.6 Å². The van der Waals surface area contributed by atoms with E-state index in [0.717, 1.165) is 12.1 Å². The first-order valence-electron chi connectivity index (χ1n) is 4.68. The van der Waals surface area contributed by atoms with Gasteiger partial charge in [-0.15, -0.1) is 0 Å². The highest BCUT2D eigenvalue weighted by atomic mass is 79.9. The van der Waals surface area contributed by atoms with Crippen LogP contribution in [0.1, 0.15) is 11.7 Å². The molecule has 1 aromatic rings. The topological polar surface area (TPSA) is 41.5 Å². The lowest BCUT2D eigenvalue weighted by Crippen LogP contribution is -2.33. The zero-order valence-corrected chi connectivity index (χ0v) is 9.55. The lowest BCUT2D eigenvalue weighted by molar-refractivity contribution is 0.0274. The molecule has 0 radical (unpaired) electrons. The molecule has 2 N–H and O–H groups in total. The van der Waals surface area contributed by atoms with Gasteiger partial charge in [-0.3, -0.25) is 0 Å². The van der Waals surface area contributed by atoms with Gasteiger partial charge in [-0.1, -0.05) is 0 Å². The van der Waals surface area contributed by atoms with E-state index in [2.05, 4.69) is 21.2 Å². The van der Waals surface area contributed by atoms with E-state index in [1.54, 1.807) is 6.07 Å². The second-order valence-electron chi connectivity index (χ2n) is 3.40. The molecule has 5 heteroatoms. The summed E-state index contributed by atoms with van der Waals surface area (Å²) in [6.07, 6.45) is -0.148. The number of hydrogen-bond donors (Lipinski definition) is 2. The molecule has 1 fully saturated rings. The molecule has 1 heterocycles. The first kappa shape index (κ1) is 10.9. The van der Waals surface area contributed by atoms with Gasteiger partial charge < -0.3 is 15.2 Å². The van der Waals surface area contributed by atoms with Crippen LogP contribution in [0.25, 0.3) is 0 Å². The van der Waals surface area contributed by atoms with Crippen molar-refractivity contribution in [2.75, 3.05) is 19.7 Å². The molecule has 0 bridgehead atoms. The molecule has 82 valence electrons. The molecule has 1 saturated heterocycles. The summed E-state index contributed by atoms with van der Waals surface area (Å²) < 4.78 is 19.1. The van der Waals surface area contributed by atoms with Gasteiger partial charge in [0, 0.05) is 13.1 Å².